The van der Waals surface area contributed by atoms with Gasteiger partial charge in [-0.1, -0.05) is 13.8 Å². The fraction of sp³-hybridized carbons (Fsp3) is 0.615. The van der Waals surface area contributed by atoms with Gasteiger partial charge in [-0.3, -0.25) is 0 Å². The zero-order valence-corrected chi connectivity index (χ0v) is 11.8. The maximum absolute atomic E-state index is 4.53. The summed E-state index contributed by atoms with van der Waals surface area (Å²) < 4.78 is 1.12. The van der Waals surface area contributed by atoms with Crippen LogP contribution in [0, 0.1) is 12.3 Å². The van der Waals surface area contributed by atoms with Gasteiger partial charge in [0.2, 0.25) is 0 Å². The predicted molar refractivity (Wildman–Crippen MR) is 71.9 cm³/mol. The molecule has 0 aromatic carbocycles. The standard InChI is InChI=1S/C13H19BrN2/c1-10-8-11(14)12(15-9-10)16-6-4-13(2,3)5-7-16/h8-9H,4-7H2,1-3H3. The average molecular weight is 283 g/mol. The van der Waals surface area contributed by atoms with E-state index in [1.54, 1.807) is 0 Å². The van der Waals surface area contributed by atoms with Crippen LogP contribution in [0.1, 0.15) is 32.3 Å². The number of aryl methyl sites for hydroxylation is 1. The highest BCUT2D eigenvalue weighted by Crippen LogP contribution is 2.34. The van der Waals surface area contributed by atoms with Crippen LogP contribution in [0.5, 0.6) is 0 Å². The van der Waals surface area contributed by atoms with Crippen LogP contribution in [0.15, 0.2) is 16.7 Å². The molecule has 0 radical (unpaired) electrons. The Balaban J connectivity index is 2.14. The van der Waals surface area contributed by atoms with E-state index in [-0.39, 0.29) is 0 Å². The molecule has 1 fully saturated rings. The van der Waals surface area contributed by atoms with Gasteiger partial charge in [0.1, 0.15) is 5.82 Å². The minimum absolute atomic E-state index is 0.494. The van der Waals surface area contributed by atoms with E-state index < -0.39 is 0 Å². The van der Waals surface area contributed by atoms with Crippen molar-refractivity contribution in [3.63, 3.8) is 0 Å². The van der Waals surface area contributed by atoms with Crippen molar-refractivity contribution in [2.45, 2.75) is 33.6 Å². The molecule has 2 rings (SSSR count). The predicted octanol–water partition coefficient (Wildman–Crippen LogP) is 3.78. The van der Waals surface area contributed by atoms with Gasteiger partial charge in [0, 0.05) is 19.3 Å². The van der Waals surface area contributed by atoms with Gasteiger partial charge in [0.25, 0.3) is 0 Å². The van der Waals surface area contributed by atoms with E-state index in [1.165, 1.54) is 18.4 Å². The first kappa shape index (κ1) is 11.9. The number of hydrogen-bond acceptors (Lipinski definition) is 2. The third-order valence-corrected chi connectivity index (χ3v) is 3.96. The average Bonchev–Trinajstić information content (AvgIpc) is 2.19. The first-order valence-corrected chi connectivity index (χ1v) is 6.64. The molecular formula is C13H19BrN2. The highest BCUT2D eigenvalue weighted by molar-refractivity contribution is 9.10. The van der Waals surface area contributed by atoms with Crippen molar-refractivity contribution in [1.29, 1.82) is 0 Å². The largest absolute Gasteiger partial charge is 0.356 e. The zero-order valence-electron chi connectivity index (χ0n) is 10.3. The molecule has 1 aliphatic rings. The Morgan fingerprint density at radius 3 is 2.50 bits per heavy atom. The highest BCUT2D eigenvalue weighted by Gasteiger charge is 2.26. The Morgan fingerprint density at radius 2 is 1.94 bits per heavy atom. The van der Waals surface area contributed by atoms with Gasteiger partial charge in [-0.15, -0.1) is 0 Å². The lowest BCUT2D eigenvalue weighted by molar-refractivity contribution is 0.279. The van der Waals surface area contributed by atoms with Gasteiger partial charge >= 0.3 is 0 Å². The Labute approximate surface area is 106 Å². The van der Waals surface area contributed by atoms with Crippen LogP contribution in [0.4, 0.5) is 5.82 Å². The maximum atomic E-state index is 4.53. The molecular weight excluding hydrogens is 264 g/mol. The molecule has 0 unspecified atom stereocenters. The van der Waals surface area contributed by atoms with Gasteiger partial charge in [-0.25, -0.2) is 4.98 Å². The van der Waals surface area contributed by atoms with Crippen LogP contribution in [-0.4, -0.2) is 18.1 Å². The lowest BCUT2D eigenvalue weighted by atomic mass is 9.83. The summed E-state index contributed by atoms with van der Waals surface area (Å²) in [6.07, 6.45) is 4.43. The minimum atomic E-state index is 0.494. The third-order valence-electron chi connectivity index (χ3n) is 3.38. The van der Waals surface area contributed by atoms with Crippen molar-refractivity contribution in [3.8, 4) is 0 Å². The zero-order chi connectivity index (χ0) is 11.8. The quantitative estimate of drug-likeness (QED) is 0.779. The molecule has 0 saturated carbocycles. The van der Waals surface area contributed by atoms with Crippen molar-refractivity contribution in [2.24, 2.45) is 5.41 Å². The molecule has 88 valence electrons. The lowest BCUT2D eigenvalue weighted by Crippen LogP contribution is -2.37. The highest BCUT2D eigenvalue weighted by atomic mass is 79.9. The fourth-order valence-corrected chi connectivity index (χ4v) is 2.80. The maximum Gasteiger partial charge on any atom is 0.142 e. The number of nitrogens with zero attached hydrogens (tertiary/aromatic N) is 2. The molecule has 1 aromatic heterocycles. The van der Waals surface area contributed by atoms with Gasteiger partial charge in [-0.2, -0.15) is 0 Å². The normalized spacial score (nSPS) is 19.9. The Kier molecular flexibility index (Phi) is 3.24. The Bertz CT molecular complexity index is 378. The van der Waals surface area contributed by atoms with Gasteiger partial charge in [-0.05, 0) is 52.7 Å². The number of piperidine rings is 1. The molecule has 0 bridgehead atoms. The molecule has 1 saturated heterocycles. The number of hydrogen-bond donors (Lipinski definition) is 0. The molecule has 0 N–H and O–H groups in total. The van der Waals surface area contributed by atoms with Crippen molar-refractivity contribution in [2.75, 3.05) is 18.0 Å². The second kappa shape index (κ2) is 4.36. The molecule has 2 nitrogen and oxygen atoms in total. The van der Waals surface area contributed by atoms with Crippen LogP contribution in [0.3, 0.4) is 0 Å². The Hall–Kier alpha value is -0.570. The summed E-state index contributed by atoms with van der Waals surface area (Å²) in [5, 5.41) is 0. The Morgan fingerprint density at radius 1 is 1.31 bits per heavy atom. The summed E-state index contributed by atoms with van der Waals surface area (Å²) >= 11 is 3.61. The van der Waals surface area contributed by atoms with Crippen molar-refractivity contribution >= 4 is 21.7 Å². The summed E-state index contributed by atoms with van der Waals surface area (Å²) in [5.41, 5.74) is 1.70. The SMILES string of the molecule is Cc1cnc(N2CCC(C)(C)CC2)c(Br)c1. The minimum Gasteiger partial charge on any atom is -0.356 e. The summed E-state index contributed by atoms with van der Waals surface area (Å²) in [6.45, 7) is 8.99. The van der Waals surface area contributed by atoms with E-state index in [0.29, 0.717) is 5.41 Å². The van der Waals surface area contributed by atoms with Crippen LogP contribution in [0.2, 0.25) is 0 Å². The van der Waals surface area contributed by atoms with Crippen molar-refractivity contribution in [3.05, 3.63) is 22.3 Å². The van der Waals surface area contributed by atoms with Crippen LogP contribution < -0.4 is 4.90 Å². The second-order valence-electron chi connectivity index (χ2n) is 5.47. The van der Waals surface area contributed by atoms with Crippen molar-refractivity contribution in [1.82, 2.24) is 4.98 Å². The molecule has 1 aromatic rings. The van der Waals surface area contributed by atoms with E-state index in [2.05, 4.69) is 52.7 Å². The fourth-order valence-electron chi connectivity index (χ4n) is 2.08. The molecule has 1 aliphatic heterocycles. The van der Waals surface area contributed by atoms with Gasteiger partial charge < -0.3 is 4.90 Å². The first-order valence-electron chi connectivity index (χ1n) is 5.85. The third kappa shape index (κ3) is 2.57. The van der Waals surface area contributed by atoms with Crippen molar-refractivity contribution < 1.29 is 0 Å². The van der Waals surface area contributed by atoms with Crippen LogP contribution in [0.25, 0.3) is 0 Å². The topological polar surface area (TPSA) is 16.1 Å². The molecule has 3 heteroatoms. The van der Waals surface area contributed by atoms with E-state index in [1.807, 2.05) is 6.20 Å². The summed E-state index contributed by atoms with van der Waals surface area (Å²) in [5.74, 6) is 1.10. The molecule has 2 heterocycles. The first-order chi connectivity index (χ1) is 7.48. The van der Waals surface area contributed by atoms with E-state index in [4.69, 9.17) is 0 Å². The number of halogens is 1. The summed E-state index contributed by atoms with van der Waals surface area (Å²) in [4.78, 5) is 6.91. The molecule has 0 atom stereocenters. The van der Waals surface area contributed by atoms with Gasteiger partial charge in [0.05, 0.1) is 4.47 Å². The molecule has 0 aliphatic carbocycles. The number of rotatable bonds is 1. The van der Waals surface area contributed by atoms with E-state index >= 15 is 0 Å². The number of pyridine rings is 1. The number of anilines is 1. The second-order valence-corrected chi connectivity index (χ2v) is 6.32. The lowest BCUT2D eigenvalue weighted by Gasteiger charge is -2.37. The van der Waals surface area contributed by atoms with Gasteiger partial charge in [0.15, 0.2) is 0 Å². The van der Waals surface area contributed by atoms with E-state index in [9.17, 15) is 0 Å². The monoisotopic (exact) mass is 282 g/mol. The van der Waals surface area contributed by atoms with E-state index in [0.717, 1.165) is 23.4 Å². The summed E-state index contributed by atoms with van der Waals surface area (Å²) in [6, 6.07) is 2.14. The molecule has 16 heavy (non-hydrogen) atoms. The molecule has 0 amide bonds. The summed E-state index contributed by atoms with van der Waals surface area (Å²) in [7, 11) is 0. The van der Waals surface area contributed by atoms with Crippen LogP contribution >= 0.6 is 15.9 Å². The molecule has 0 spiro atoms. The number of aromatic nitrogens is 1. The van der Waals surface area contributed by atoms with Crippen LogP contribution in [-0.2, 0) is 0 Å². The smallest absolute Gasteiger partial charge is 0.142 e.